The number of hydrogen-bond donors (Lipinski definition) is 3. The first kappa shape index (κ1) is 22.3. The zero-order chi connectivity index (χ0) is 19.1. The van der Waals surface area contributed by atoms with Crippen molar-refractivity contribution in [3.63, 3.8) is 0 Å². The Morgan fingerprint density at radius 1 is 1.14 bits per heavy atom. The number of rotatable bonds is 5. The number of carbonyl (C=O) groups is 1. The maximum atomic E-state index is 12.0. The summed E-state index contributed by atoms with van der Waals surface area (Å²) in [5.74, 6) is 1.53. The van der Waals surface area contributed by atoms with Crippen LogP contribution in [0.2, 0.25) is 0 Å². The van der Waals surface area contributed by atoms with Crippen molar-refractivity contribution >= 4 is 57.5 Å². The zero-order valence-corrected chi connectivity index (χ0v) is 19.0. The number of guanidine groups is 1. The highest BCUT2D eigenvalue weighted by atomic mass is 127. The van der Waals surface area contributed by atoms with Crippen LogP contribution in [0.15, 0.2) is 51.9 Å². The summed E-state index contributed by atoms with van der Waals surface area (Å²) < 4.78 is 12.1. The van der Waals surface area contributed by atoms with E-state index in [-0.39, 0.29) is 35.8 Å². The fourth-order valence-electron chi connectivity index (χ4n) is 2.51. The summed E-state index contributed by atoms with van der Waals surface area (Å²) in [6, 6.07) is 12.7. The molecule has 2 aromatic carbocycles. The Morgan fingerprint density at radius 2 is 1.93 bits per heavy atom. The second-order valence-electron chi connectivity index (χ2n) is 5.87. The van der Waals surface area contributed by atoms with Crippen LogP contribution in [-0.2, 0) is 0 Å². The lowest BCUT2D eigenvalue weighted by Gasteiger charge is -2.11. The van der Waals surface area contributed by atoms with Crippen molar-refractivity contribution in [1.82, 2.24) is 5.32 Å². The summed E-state index contributed by atoms with van der Waals surface area (Å²) in [6.07, 6.45) is 0.854. The Hall–Kier alpha value is -2.01. The van der Waals surface area contributed by atoms with Crippen LogP contribution in [0.1, 0.15) is 16.8 Å². The van der Waals surface area contributed by atoms with E-state index in [1.807, 2.05) is 30.3 Å². The maximum Gasteiger partial charge on any atom is 0.251 e. The maximum absolute atomic E-state index is 12.0. The van der Waals surface area contributed by atoms with Crippen LogP contribution >= 0.6 is 39.9 Å². The topological polar surface area (TPSA) is 98.0 Å². The molecule has 1 aliphatic rings. The molecule has 0 saturated heterocycles. The van der Waals surface area contributed by atoms with E-state index < -0.39 is 0 Å². The van der Waals surface area contributed by atoms with E-state index >= 15 is 0 Å². The standard InChI is InChI=1S/C19H21BrN4O3.HI/c20-14-4-1-3-13(11-14)18(25)22-7-8-23-19(21)24-15-5-6-16-17(12-15)27-10-2-9-26-16;/h1,3-6,11-12H,2,7-10H2,(H,22,25)(H3,21,23,24);1H. The summed E-state index contributed by atoms with van der Waals surface area (Å²) in [5.41, 5.74) is 7.26. The molecule has 150 valence electrons. The minimum absolute atomic E-state index is 0. The van der Waals surface area contributed by atoms with Gasteiger partial charge in [0.2, 0.25) is 0 Å². The molecule has 0 fully saturated rings. The molecule has 2 aromatic rings. The number of benzene rings is 2. The van der Waals surface area contributed by atoms with Crippen LogP contribution in [0.25, 0.3) is 0 Å². The van der Waals surface area contributed by atoms with Crippen LogP contribution in [0, 0.1) is 0 Å². The van der Waals surface area contributed by atoms with Gasteiger partial charge in [0.15, 0.2) is 17.5 Å². The second-order valence-corrected chi connectivity index (χ2v) is 6.79. The number of fused-ring (bicyclic) bond motifs is 1. The lowest BCUT2D eigenvalue weighted by molar-refractivity contribution is 0.0954. The van der Waals surface area contributed by atoms with Gasteiger partial charge in [-0.25, -0.2) is 0 Å². The van der Waals surface area contributed by atoms with Crippen LogP contribution < -0.4 is 25.8 Å². The van der Waals surface area contributed by atoms with Crippen molar-refractivity contribution in [2.45, 2.75) is 6.42 Å². The molecule has 0 unspecified atom stereocenters. The summed E-state index contributed by atoms with van der Waals surface area (Å²) in [4.78, 5) is 16.3. The molecule has 0 atom stereocenters. The highest BCUT2D eigenvalue weighted by molar-refractivity contribution is 14.0. The molecule has 1 amide bonds. The fraction of sp³-hybridized carbons (Fsp3) is 0.263. The van der Waals surface area contributed by atoms with Crippen LogP contribution in [-0.4, -0.2) is 38.2 Å². The predicted molar refractivity (Wildman–Crippen MR) is 124 cm³/mol. The number of aliphatic imine (C=N–C) groups is 1. The number of carbonyl (C=O) groups excluding carboxylic acids is 1. The first-order valence-electron chi connectivity index (χ1n) is 8.62. The van der Waals surface area contributed by atoms with E-state index in [0.29, 0.717) is 37.6 Å². The molecule has 7 nitrogen and oxygen atoms in total. The van der Waals surface area contributed by atoms with Gasteiger partial charge < -0.3 is 25.8 Å². The molecule has 0 saturated carbocycles. The van der Waals surface area contributed by atoms with Crippen molar-refractivity contribution < 1.29 is 14.3 Å². The molecule has 28 heavy (non-hydrogen) atoms. The molecule has 1 aliphatic heterocycles. The summed E-state index contributed by atoms with van der Waals surface area (Å²) in [6.45, 7) is 2.02. The summed E-state index contributed by atoms with van der Waals surface area (Å²) in [7, 11) is 0. The van der Waals surface area contributed by atoms with E-state index in [9.17, 15) is 4.79 Å². The Balaban J connectivity index is 0.00000280. The van der Waals surface area contributed by atoms with Gasteiger partial charge >= 0.3 is 0 Å². The molecule has 0 spiro atoms. The molecule has 3 rings (SSSR count). The zero-order valence-electron chi connectivity index (χ0n) is 15.1. The van der Waals surface area contributed by atoms with Crippen molar-refractivity contribution in [3.05, 3.63) is 52.5 Å². The van der Waals surface area contributed by atoms with E-state index in [2.05, 4.69) is 31.6 Å². The first-order valence-corrected chi connectivity index (χ1v) is 9.41. The lowest BCUT2D eigenvalue weighted by Crippen LogP contribution is -2.28. The van der Waals surface area contributed by atoms with Gasteiger partial charge in [-0.05, 0) is 30.3 Å². The minimum atomic E-state index is -0.152. The summed E-state index contributed by atoms with van der Waals surface area (Å²) in [5, 5.41) is 5.82. The molecular weight excluding hydrogens is 539 g/mol. The van der Waals surface area contributed by atoms with Crippen molar-refractivity contribution in [1.29, 1.82) is 0 Å². The molecule has 0 bridgehead atoms. The van der Waals surface area contributed by atoms with Crippen LogP contribution in [0.4, 0.5) is 5.69 Å². The quantitative estimate of drug-likeness (QED) is 0.225. The van der Waals surface area contributed by atoms with Gasteiger partial charge in [-0.2, -0.15) is 0 Å². The number of nitrogens with one attached hydrogen (secondary N) is 2. The van der Waals surface area contributed by atoms with Crippen molar-refractivity contribution in [2.75, 3.05) is 31.6 Å². The molecule has 4 N–H and O–H groups in total. The van der Waals surface area contributed by atoms with Gasteiger partial charge in [0.25, 0.3) is 5.91 Å². The largest absolute Gasteiger partial charge is 0.490 e. The lowest BCUT2D eigenvalue weighted by atomic mass is 10.2. The van der Waals surface area contributed by atoms with Crippen LogP contribution in [0.3, 0.4) is 0 Å². The number of ether oxygens (including phenoxy) is 2. The smallest absolute Gasteiger partial charge is 0.251 e. The van der Waals surface area contributed by atoms with Gasteiger partial charge in [-0.15, -0.1) is 24.0 Å². The van der Waals surface area contributed by atoms with Crippen molar-refractivity contribution in [2.24, 2.45) is 10.7 Å². The average Bonchev–Trinajstić information content (AvgIpc) is 2.90. The van der Waals surface area contributed by atoms with E-state index in [1.54, 1.807) is 12.1 Å². The number of anilines is 1. The molecule has 9 heteroatoms. The highest BCUT2D eigenvalue weighted by Gasteiger charge is 2.11. The van der Waals surface area contributed by atoms with Crippen molar-refractivity contribution in [3.8, 4) is 11.5 Å². The SMILES string of the molecule is I.NC(=NCCNC(=O)c1cccc(Br)c1)Nc1ccc2c(c1)OCCCO2. The molecule has 0 aromatic heterocycles. The average molecular weight is 561 g/mol. The molecule has 1 heterocycles. The molecular formula is C19H22BrIN4O3. The predicted octanol–water partition coefficient (Wildman–Crippen LogP) is 3.39. The monoisotopic (exact) mass is 560 g/mol. The van der Waals surface area contributed by atoms with E-state index in [1.165, 1.54) is 0 Å². The van der Waals surface area contributed by atoms with Crippen LogP contribution in [0.5, 0.6) is 11.5 Å². The van der Waals surface area contributed by atoms with Gasteiger partial charge in [0.1, 0.15) is 0 Å². The number of halogens is 2. The number of amides is 1. The van der Waals surface area contributed by atoms with Gasteiger partial charge in [-0.1, -0.05) is 22.0 Å². The highest BCUT2D eigenvalue weighted by Crippen LogP contribution is 2.32. The Bertz CT molecular complexity index is 848. The number of hydrogen-bond acceptors (Lipinski definition) is 4. The molecule has 0 radical (unpaired) electrons. The first-order chi connectivity index (χ1) is 13.1. The van der Waals surface area contributed by atoms with Gasteiger partial charge in [0, 0.05) is 34.8 Å². The normalized spacial score (nSPS) is 13.1. The van der Waals surface area contributed by atoms with E-state index in [4.69, 9.17) is 15.2 Å². The third kappa shape index (κ3) is 6.55. The number of nitrogens with two attached hydrogens (primary N) is 1. The Kier molecular flexibility index (Phi) is 8.84. The number of nitrogens with zero attached hydrogens (tertiary/aromatic N) is 1. The Morgan fingerprint density at radius 3 is 2.71 bits per heavy atom. The third-order valence-corrected chi connectivity index (χ3v) is 4.28. The summed E-state index contributed by atoms with van der Waals surface area (Å²) >= 11 is 3.35. The third-order valence-electron chi connectivity index (χ3n) is 3.79. The minimum Gasteiger partial charge on any atom is -0.490 e. The Labute approximate surface area is 189 Å². The van der Waals surface area contributed by atoms with Gasteiger partial charge in [0.05, 0.1) is 19.8 Å². The fourth-order valence-corrected chi connectivity index (χ4v) is 2.91. The van der Waals surface area contributed by atoms with E-state index in [0.717, 1.165) is 22.3 Å². The van der Waals surface area contributed by atoms with Gasteiger partial charge in [-0.3, -0.25) is 9.79 Å². The second kappa shape index (κ2) is 11.1. The molecule has 0 aliphatic carbocycles.